The second-order valence-corrected chi connectivity index (χ2v) is 4.53. The maximum absolute atomic E-state index is 4.29. The average molecular weight is 231 g/mol. The van der Waals surface area contributed by atoms with Crippen molar-refractivity contribution in [1.82, 2.24) is 24.6 Å². The van der Waals surface area contributed by atoms with Gasteiger partial charge in [-0.2, -0.15) is 5.10 Å². The number of hydrogen-bond donors (Lipinski definition) is 1. The monoisotopic (exact) mass is 231 g/mol. The average Bonchev–Trinajstić information content (AvgIpc) is 3.04. The van der Waals surface area contributed by atoms with Crippen LogP contribution in [0.1, 0.15) is 18.7 Å². The summed E-state index contributed by atoms with van der Waals surface area (Å²) >= 11 is 0. The maximum Gasteiger partial charge on any atom is 0.120 e. The van der Waals surface area contributed by atoms with Gasteiger partial charge in [0.1, 0.15) is 5.82 Å². The Labute approximate surface area is 100 Å². The highest BCUT2D eigenvalue weighted by molar-refractivity contribution is 4.90. The van der Waals surface area contributed by atoms with E-state index in [4.69, 9.17) is 0 Å². The number of nitrogens with zero attached hydrogens (tertiary/aromatic N) is 4. The predicted molar refractivity (Wildman–Crippen MR) is 64.2 cm³/mol. The van der Waals surface area contributed by atoms with Gasteiger partial charge in [-0.15, -0.1) is 0 Å². The van der Waals surface area contributed by atoms with Crippen molar-refractivity contribution in [2.75, 3.05) is 6.54 Å². The zero-order valence-corrected chi connectivity index (χ0v) is 9.79. The first-order chi connectivity index (χ1) is 8.42. The fourth-order valence-electron chi connectivity index (χ4n) is 2.51. The van der Waals surface area contributed by atoms with Crippen molar-refractivity contribution in [3.05, 3.63) is 36.7 Å². The summed E-state index contributed by atoms with van der Waals surface area (Å²) in [6.07, 6.45) is 10.1. The Hall–Kier alpha value is -1.62. The minimum Gasteiger partial charge on any atom is -0.348 e. The van der Waals surface area contributed by atoms with Crippen LogP contribution < -0.4 is 0 Å². The Morgan fingerprint density at radius 3 is 3.18 bits per heavy atom. The Balaban J connectivity index is 1.63. The van der Waals surface area contributed by atoms with Crippen LogP contribution in [0.25, 0.3) is 0 Å². The molecule has 1 aliphatic rings. The molecule has 0 aliphatic carbocycles. The molecule has 1 aliphatic heterocycles. The lowest BCUT2D eigenvalue weighted by molar-refractivity contribution is 0.215. The molecule has 2 aromatic rings. The highest BCUT2D eigenvalue weighted by Gasteiger charge is 2.25. The van der Waals surface area contributed by atoms with Gasteiger partial charge in [-0.3, -0.25) is 9.58 Å². The first-order valence-corrected chi connectivity index (χ1v) is 6.11. The molecule has 0 amide bonds. The van der Waals surface area contributed by atoms with Crippen LogP contribution in [0.3, 0.4) is 0 Å². The zero-order chi connectivity index (χ0) is 11.5. The molecular formula is C12H17N5. The molecule has 0 radical (unpaired) electrons. The summed E-state index contributed by atoms with van der Waals surface area (Å²) in [7, 11) is 0. The van der Waals surface area contributed by atoms with Crippen molar-refractivity contribution < 1.29 is 0 Å². The van der Waals surface area contributed by atoms with Crippen molar-refractivity contribution in [2.45, 2.75) is 32.0 Å². The van der Waals surface area contributed by atoms with E-state index in [9.17, 15) is 0 Å². The Morgan fingerprint density at radius 2 is 2.41 bits per heavy atom. The molecule has 1 fully saturated rings. The van der Waals surface area contributed by atoms with Gasteiger partial charge in [0, 0.05) is 30.8 Å². The second-order valence-electron chi connectivity index (χ2n) is 4.53. The van der Waals surface area contributed by atoms with Gasteiger partial charge in [0.15, 0.2) is 0 Å². The van der Waals surface area contributed by atoms with E-state index in [0.717, 1.165) is 25.5 Å². The maximum atomic E-state index is 4.29. The summed E-state index contributed by atoms with van der Waals surface area (Å²) in [5.74, 6) is 1.05. The third-order valence-corrected chi connectivity index (χ3v) is 3.36. The van der Waals surface area contributed by atoms with Gasteiger partial charge >= 0.3 is 0 Å². The second kappa shape index (κ2) is 4.71. The molecule has 2 aromatic heterocycles. The smallest absolute Gasteiger partial charge is 0.120 e. The lowest BCUT2D eigenvalue weighted by Gasteiger charge is -2.23. The van der Waals surface area contributed by atoms with E-state index in [0.29, 0.717) is 6.04 Å². The van der Waals surface area contributed by atoms with Gasteiger partial charge < -0.3 is 4.98 Å². The van der Waals surface area contributed by atoms with Crippen LogP contribution in [-0.2, 0) is 13.1 Å². The van der Waals surface area contributed by atoms with Crippen LogP contribution in [0.4, 0.5) is 0 Å². The molecule has 0 bridgehead atoms. The molecule has 1 unspecified atom stereocenters. The van der Waals surface area contributed by atoms with Crippen LogP contribution in [0, 0.1) is 0 Å². The van der Waals surface area contributed by atoms with Crippen molar-refractivity contribution >= 4 is 0 Å². The largest absolute Gasteiger partial charge is 0.348 e. The van der Waals surface area contributed by atoms with Crippen molar-refractivity contribution in [3.8, 4) is 0 Å². The van der Waals surface area contributed by atoms with E-state index >= 15 is 0 Å². The number of likely N-dealkylation sites (tertiary alicyclic amines) is 1. The molecule has 17 heavy (non-hydrogen) atoms. The molecule has 90 valence electrons. The topological polar surface area (TPSA) is 49.7 Å². The van der Waals surface area contributed by atoms with E-state index in [1.54, 1.807) is 0 Å². The quantitative estimate of drug-likeness (QED) is 0.862. The number of nitrogens with one attached hydrogen (secondary N) is 1. The summed E-state index contributed by atoms with van der Waals surface area (Å²) in [4.78, 5) is 9.95. The van der Waals surface area contributed by atoms with Gasteiger partial charge in [0.25, 0.3) is 0 Å². The number of rotatable bonds is 4. The van der Waals surface area contributed by atoms with Crippen molar-refractivity contribution in [1.29, 1.82) is 0 Å². The highest BCUT2D eigenvalue weighted by atomic mass is 15.3. The third kappa shape index (κ3) is 2.39. The van der Waals surface area contributed by atoms with Gasteiger partial charge in [0.05, 0.1) is 13.1 Å². The minimum atomic E-state index is 0.583. The molecule has 1 atom stereocenters. The third-order valence-electron chi connectivity index (χ3n) is 3.36. The summed E-state index contributed by atoms with van der Waals surface area (Å²) in [5, 5.41) is 4.28. The Morgan fingerprint density at radius 1 is 1.41 bits per heavy atom. The van der Waals surface area contributed by atoms with E-state index in [1.165, 1.54) is 12.8 Å². The Bertz CT molecular complexity index is 391. The molecule has 3 heterocycles. The molecule has 5 nitrogen and oxygen atoms in total. The predicted octanol–water partition coefficient (Wildman–Crippen LogP) is 1.27. The molecule has 0 spiro atoms. The van der Waals surface area contributed by atoms with Gasteiger partial charge in [0.2, 0.25) is 0 Å². The lowest BCUT2D eigenvalue weighted by Crippen LogP contribution is -2.33. The number of hydrogen-bond acceptors (Lipinski definition) is 3. The SMILES string of the molecule is c1cnn(CC2CCCN2Cc2ncc[nH]2)c1. The normalized spacial score (nSPS) is 21.1. The van der Waals surface area contributed by atoms with Crippen molar-refractivity contribution in [3.63, 3.8) is 0 Å². The van der Waals surface area contributed by atoms with E-state index in [2.05, 4.69) is 20.0 Å². The van der Waals surface area contributed by atoms with Crippen LogP contribution in [0.5, 0.6) is 0 Å². The number of H-pyrrole nitrogens is 1. The molecule has 0 aromatic carbocycles. The van der Waals surface area contributed by atoms with Gasteiger partial charge in [-0.1, -0.05) is 0 Å². The van der Waals surface area contributed by atoms with Crippen LogP contribution in [0.15, 0.2) is 30.9 Å². The standard InChI is InChI=1S/C12H17N5/c1-3-11(9-17-8-2-4-15-17)16(7-1)10-12-13-5-6-14-12/h2,4-6,8,11H,1,3,7,9-10H2,(H,13,14). The summed E-state index contributed by atoms with van der Waals surface area (Å²) in [6, 6.07) is 2.56. The molecule has 5 heteroatoms. The molecule has 1 saturated heterocycles. The van der Waals surface area contributed by atoms with E-state index in [-0.39, 0.29) is 0 Å². The van der Waals surface area contributed by atoms with Crippen LogP contribution in [0.2, 0.25) is 0 Å². The van der Waals surface area contributed by atoms with Crippen LogP contribution in [-0.4, -0.2) is 37.2 Å². The highest BCUT2D eigenvalue weighted by Crippen LogP contribution is 2.20. The lowest BCUT2D eigenvalue weighted by atomic mass is 10.2. The fraction of sp³-hybridized carbons (Fsp3) is 0.500. The number of aromatic nitrogens is 4. The molecule has 3 rings (SSSR count). The Kier molecular flexibility index (Phi) is 2.92. The minimum absolute atomic E-state index is 0.583. The van der Waals surface area contributed by atoms with E-state index < -0.39 is 0 Å². The summed E-state index contributed by atoms with van der Waals surface area (Å²) in [6.45, 7) is 3.05. The first-order valence-electron chi connectivity index (χ1n) is 6.11. The fourth-order valence-corrected chi connectivity index (χ4v) is 2.51. The number of imidazole rings is 1. The van der Waals surface area contributed by atoms with E-state index in [1.807, 2.05) is 35.5 Å². The zero-order valence-electron chi connectivity index (χ0n) is 9.79. The van der Waals surface area contributed by atoms with Gasteiger partial charge in [-0.05, 0) is 25.5 Å². The van der Waals surface area contributed by atoms with Crippen molar-refractivity contribution in [2.24, 2.45) is 0 Å². The summed E-state index contributed by atoms with van der Waals surface area (Å²) in [5.41, 5.74) is 0. The van der Waals surface area contributed by atoms with Gasteiger partial charge in [-0.25, -0.2) is 4.98 Å². The number of aromatic amines is 1. The first kappa shape index (κ1) is 10.5. The molecule has 1 N–H and O–H groups in total. The van der Waals surface area contributed by atoms with Crippen LogP contribution >= 0.6 is 0 Å². The molecule has 0 saturated carbocycles. The summed E-state index contributed by atoms with van der Waals surface area (Å²) < 4.78 is 2.02. The molecular weight excluding hydrogens is 214 g/mol.